The standard InChI is InChI=1S/C14H20N2OS/c15-16-14(13-3-1-2-8-18-13)11-4-5-12-10(9-11)6-7-17-12/h4-5,9,13-14,16H,1-3,6-8,15H2. The Balaban J connectivity index is 1.82. The molecule has 2 unspecified atom stereocenters. The molecular weight excluding hydrogens is 244 g/mol. The molecule has 0 aliphatic carbocycles. The number of hydrazine groups is 1. The van der Waals surface area contributed by atoms with Crippen molar-refractivity contribution < 1.29 is 4.74 Å². The average molecular weight is 264 g/mol. The number of hydrogen-bond donors (Lipinski definition) is 2. The fraction of sp³-hybridized carbons (Fsp3) is 0.571. The summed E-state index contributed by atoms with van der Waals surface area (Å²) in [6.07, 6.45) is 4.95. The molecule has 98 valence electrons. The van der Waals surface area contributed by atoms with Gasteiger partial charge in [0.2, 0.25) is 0 Å². The molecular formula is C14H20N2OS. The third kappa shape index (κ3) is 2.37. The maximum Gasteiger partial charge on any atom is 0.122 e. The zero-order valence-electron chi connectivity index (χ0n) is 10.5. The summed E-state index contributed by atoms with van der Waals surface area (Å²) in [4.78, 5) is 0. The number of nitrogens with one attached hydrogen (secondary N) is 1. The molecule has 2 heterocycles. The number of fused-ring (bicyclic) bond motifs is 1. The summed E-state index contributed by atoms with van der Waals surface area (Å²) in [5, 5.41) is 0.601. The van der Waals surface area contributed by atoms with E-state index in [1.165, 1.54) is 36.1 Å². The minimum atomic E-state index is 0.265. The van der Waals surface area contributed by atoms with Crippen molar-refractivity contribution in [2.45, 2.75) is 37.0 Å². The van der Waals surface area contributed by atoms with E-state index in [1.54, 1.807) is 0 Å². The van der Waals surface area contributed by atoms with Gasteiger partial charge in [0.25, 0.3) is 0 Å². The summed E-state index contributed by atoms with van der Waals surface area (Å²) < 4.78 is 5.56. The van der Waals surface area contributed by atoms with Crippen molar-refractivity contribution in [3.05, 3.63) is 29.3 Å². The number of hydrogen-bond acceptors (Lipinski definition) is 4. The summed E-state index contributed by atoms with van der Waals surface area (Å²) in [5.41, 5.74) is 5.65. The molecule has 2 atom stereocenters. The number of rotatable bonds is 3. The molecule has 0 spiro atoms. The fourth-order valence-corrected chi connectivity index (χ4v) is 4.28. The SMILES string of the molecule is NNC(c1ccc2c(c1)CCO2)C1CCCCS1. The second-order valence-corrected chi connectivity index (χ2v) is 6.36. The predicted octanol–water partition coefficient (Wildman–Crippen LogP) is 2.41. The summed E-state index contributed by atoms with van der Waals surface area (Å²) in [6, 6.07) is 6.78. The molecule has 0 saturated carbocycles. The van der Waals surface area contributed by atoms with Gasteiger partial charge in [-0.3, -0.25) is 11.3 Å². The first kappa shape index (κ1) is 12.3. The van der Waals surface area contributed by atoms with Crippen molar-refractivity contribution in [1.29, 1.82) is 0 Å². The van der Waals surface area contributed by atoms with E-state index in [1.807, 2.05) is 0 Å². The second kappa shape index (κ2) is 5.51. The molecule has 3 nitrogen and oxygen atoms in total. The van der Waals surface area contributed by atoms with Crippen LogP contribution < -0.4 is 16.0 Å². The van der Waals surface area contributed by atoms with Crippen LogP contribution in [0.1, 0.15) is 36.4 Å². The molecule has 2 aliphatic heterocycles. The molecule has 1 aromatic rings. The van der Waals surface area contributed by atoms with Crippen molar-refractivity contribution in [1.82, 2.24) is 5.43 Å². The van der Waals surface area contributed by atoms with E-state index in [9.17, 15) is 0 Å². The normalized spacial score (nSPS) is 24.4. The third-order valence-corrected chi connectivity index (χ3v) is 5.30. The Hall–Kier alpha value is -0.710. The lowest BCUT2D eigenvalue weighted by molar-refractivity contribution is 0.356. The van der Waals surface area contributed by atoms with Crippen LogP contribution in [0.15, 0.2) is 18.2 Å². The van der Waals surface area contributed by atoms with E-state index in [-0.39, 0.29) is 6.04 Å². The first-order valence-corrected chi connectivity index (χ1v) is 7.77. The van der Waals surface area contributed by atoms with E-state index < -0.39 is 0 Å². The van der Waals surface area contributed by atoms with Crippen molar-refractivity contribution in [3.63, 3.8) is 0 Å². The highest BCUT2D eigenvalue weighted by Crippen LogP contribution is 2.36. The van der Waals surface area contributed by atoms with Gasteiger partial charge in [-0.1, -0.05) is 18.6 Å². The van der Waals surface area contributed by atoms with Gasteiger partial charge in [0, 0.05) is 11.7 Å². The van der Waals surface area contributed by atoms with E-state index in [0.717, 1.165) is 18.8 Å². The summed E-state index contributed by atoms with van der Waals surface area (Å²) >= 11 is 2.05. The number of benzene rings is 1. The lowest BCUT2D eigenvalue weighted by Gasteiger charge is -2.29. The minimum Gasteiger partial charge on any atom is -0.493 e. The Morgan fingerprint density at radius 2 is 2.33 bits per heavy atom. The van der Waals surface area contributed by atoms with Crippen LogP contribution in [0.2, 0.25) is 0 Å². The van der Waals surface area contributed by atoms with Crippen LogP contribution in [0.5, 0.6) is 5.75 Å². The lowest BCUT2D eigenvalue weighted by Crippen LogP contribution is -2.36. The van der Waals surface area contributed by atoms with Crippen molar-refractivity contribution in [2.75, 3.05) is 12.4 Å². The largest absolute Gasteiger partial charge is 0.493 e. The quantitative estimate of drug-likeness (QED) is 0.650. The zero-order valence-corrected chi connectivity index (χ0v) is 11.3. The van der Waals surface area contributed by atoms with Gasteiger partial charge in [0.1, 0.15) is 5.75 Å². The van der Waals surface area contributed by atoms with Gasteiger partial charge in [-0.25, -0.2) is 0 Å². The van der Waals surface area contributed by atoms with E-state index >= 15 is 0 Å². The molecule has 1 fully saturated rings. The summed E-state index contributed by atoms with van der Waals surface area (Å²) in [5.74, 6) is 8.09. The molecule has 3 N–H and O–H groups in total. The Morgan fingerprint density at radius 3 is 3.11 bits per heavy atom. The van der Waals surface area contributed by atoms with Crippen LogP contribution in [-0.2, 0) is 6.42 Å². The van der Waals surface area contributed by atoms with Crippen LogP contribution >= 0.6 is 11.8 Å². The van der Waals surface area contributed by atoms with Gasteiger partial charge in [-0.2, -0.15) is 11.8 Å². The van der Waals surface area contributed by atoms with Gasteiger partial charge in [-0.05, 0) is 35.8 Å². The molecule has 2 aliphatic rings. The van der Waals surface area contributed by atoms with Gasteiger partial charge >= 0.3 is 0 Å². The predicted molar refractivity (Wildman–Crippen MR) is 75.8 cm³/mol. The van der Waals surface area contributed by atoms with Crippen LogP contribution in [0, 0.1) is 0 Å². The second-order valence-electron chi connectivity index (χ2n) is 5.01. The maximum absolute atomic E-state index is 5.79. The topological polar surface area (TPSA) is 47.3 Å². The first-order valence-electron chi connectivity index (χ1n) is 6.72. The summed E-state index contributed by atoms with van der Waals surface area (Å²) in [7, 11) is 0. The van der Waals surface area contributed by atoms with Crippen LogP contribution in [0.25, 0.3) is 0 Å². The molecule has 1 aromatic carbocycles. The van der Waals surface area contributed by atoms with Gasteiger partial charge < -0.3 is 4.74 Å². The summed E-state index contributed by atoms with van der Waals surface area (Å²) in [6.45, 7) is 0.817. The highest BCUT2D eigenvalue weighted by Gasteiger charge is 2.26. The number of thioether (sulfide) groups is 1. The van der Waals surface area contributed by atoms with Gasteiger partial charge in [-0.15, -0.1) is 0 Å². The molecule has 1 saturated heterocycles. The smallest absolute Gasteiger partial charge is 0.122 e. The van der Waals surface area contributed by atoms with Gasteiger partial charge in [0.15, 0.2) is 0 Å². The third-order valence-electron chi connectivity index (χ3n) is 3.84. The molecule has 0 aromatic heterocycles. The Kier molecular flexibility index (Phi) is 3.77. The maximum atomic E-state index is 5.79. The Labute approximate surface area is 112 Å². The zero-order chi connectivity index (χ0) is 12.4. The number of ether oxygens (including phenoxy) is 1. The molecule has 0 radical (unpaired) electrons. The number of nitrogens with two attached hydrogens (primary N) is 1. The van der Waals surface area contributed by atoms with Crippen LogP contribution in [0.3, 0.4) is 0 Å². The molecule has 18 heavy (non-hydrogen) atoms. The van der Waals surface area contributed by atoms with Gasteiger partial charge in [0.05, 0.1) is 12.6 Å². The molecule has 0 amide bonds. The lowest BCUT2D eigenvalue weighted by atomic mass is 9.97. The first-order chi connectivity index (χ1) is 8.88. The van der Waals surface area contributed by atoms with E-state index in [2.05, 4.69) is 35.4 Å². The Morgan fingerprint density at radius 1 is 1.39 bits per heavy atom. The van der Waals surface area contributed by atoms with Crippen LogP contribution in [0.4, 0.5) is 0 Å². The average Bonchev–Trinajstić information content (AvgIpc) is 2.88. The Bertz CT molecular complexity index is 418. The molecule has 4 heteroatoms. The monoisotopic (exact) mass is 264 g/mol. The van der Waals surface area contributed by atoms with Crippen molar-refractivity contribution in [2.24, 2.45) is 5.84 Å². The van der Waals surface area contributed by atoms with E-state index in [4.69, 9.17) is 10.6 Å². The van der Waals surface area contributed by atoms with Crippen molar-refractivity contribution >= 4 is 11.8 Å². The molecule has 3 rings (SSSR count). The van der Waals surface area contributed by atoms with Crippen LogP contribution in [-0.4, -0.2) is 17.6 Å². The fourth-order valence-electron chi connectivity index (χ4n) is 2.85. The minimum absolute atomic E-state index is 0.265. The highest BCUT2D eigenvalue weighted by atomic mass is 32.2. The molecule has 0 bridgehead atoms. The van der Waals surface area contributed by atoms with E-state index in [0.29, 0.717) is 5.25 Å². The highest BCUT2D eigenvalue weighted by molar-refractivity contribution is 8.00. The van der Waals surface area contributed by atoms with Crippen molar-refractivity contribution in [3.8, 4) is 5.75 Å².